The maximum atomic E-state index is 14.6. The van der Waals surface area contributed by atoms with Gasteiger partial charge in [0.05, 0.1) is 30.4 Å². The van der Waals surface area contributed by atoms with Crippen molar-refractivity contribution in [3.8, 4) is 5.75 Å². The minimum Gasteiger partial charge on any atom is -0.495 e. The molecule has 0 radical (unpaired) electrons. The molecule has 2 heterocycles. The van der Waals surface area contributed by atoms with Gasteiger partial charge in [0.2, 0.25) is 23.5 Å². The van der Waals surface area contributed by atoms with Gasteiger partial charge in [-0.15, -0.1) is 0 Å². The first-order valence-electron chi connectivity index (χ1n) is 18.1. The quantitative estimate of drug-likeness (QED) is 0.255. The monoisotopic (exact) mass is 713 g/mol. The van der Waals surface area contributed by atoms with E-state index in [0.29, 0.717) is 35.7 Å². The minimum absolute atomic E-state index is 0.0100. The molecule has 1 saturated heterocycles. The highest BCUT2D eigenvalue weighted by molar-refractivity contribution is 6.38. The van der Waals surface area contributed by atoms with Gasteiger partial charge in [0.25, 0.3) is 5.91 Å². The van der Waals surface area contributed by atoms with E-state index in [1.54, 1.807) is 12.1 Å². The van der Waals surface area contributed by atoms with Crippen molar-refractivity contribution >= 4 is 46.7 Å². The molecule has 2 aliphatic carbocycles. The fourth-order valence-electron chi connectivity index (χ4n) is 7.29. The van der Waals surface area contributed by atoms with Crippen molar-refractivity contribution in [1.29, 1.82) is 0 Å². The maximum absolute atomic E-state index is 14.6. The van der Waals surface area contributed by atoms with Gasteiger partial charge in [0.15, 0.2) is 5.60 Å². The van der Waals surface area contributed by atoms with Crippen molar-refractivity contribution in [2.45, 2.75) is 135 Å². The van der Waals surface area contributed by atoms with Crippen LogP contribution in [0.1, 0.15) is 110 Å². The Bertz CT molecular complexity index is 1500. The molecule has 2 aliphatic heterocycles. The van der Waals surface area contributed by atoms with Crippen molar-refractivity contribution in [3.63, 3.8) is 0 Å². The van der Waals surface area contributed by atoms with Crippen molar-refractivity contribution in [2.24, 2.45) is 16.5 Å². The number of benzene rings is 1. The average Bonchev–Trinajstić information content (AvgIpc) is 3.67. The second-order valence-electron chi connectivity index (χ2n) is 15.6. The number of ether oxygens (including phenoxy) is 1. The summed E-state index contributed by atoms with van der Waals surface area (Å²) >= 11 is 6.40. The number of carbonyl (C=O) groups is 5. The number of carbonyl (C=O) groups excluding carboxylic acids is 5. The highest BCUT2D eigenvalue weighted by Gasteiger charge is 2.55. The molecule has 0 aromatic heterocycles. The number of rotatable bonds is 13. The van der Waals surface area contributed by atoms with Gasteiger partial charge in [-0.1, -0.05) is 70.1 Å². The topological polar surface area (TPSA) is 156 Å². The van der Waals surface area contributed by atoms with E-state index in [9.17, 15) is 24.0 Å². The molecule has 13 heteroatoms. The summed E-state index contributed by atoms with van der Waals surface area (Å²) in [5, 5.41) is 13.3. The summed E-state index contributed by atoms with van der Waals surface area (Å²) in [5.74, 6) is -1.79. The van der Waals surface area contributed by atoms with Crippen molar-refractivity contribution in [1.82, 2.24) is 20.9 Å². The lowest BCUT2D eigenvalue weighted by molar-refractivity contribution is -0.145. The number of hydrogen-bond acceptors (Lipinski definition) is 8. The Morgan fingerprint density at radius 2 is 1.80 bits per heavy atom. The number of oxime groups is 1. The Balaban J connectivity index is 1.39. The van der Waals surface area contributed by atoms with Crippen LogP contribution in [0.3, 0.4) is 0 Å². The summed E-state index contributed by atoms with van der Waals surface area (Å²) < 4.78 is 5.29. The molecular weight excluding hydrogens is 662 g/mol. The van der Waals surface area contributed by atoms with Gasteiger partial charge in [0.1, 0.15) is 17.8 Å². The molecule has 0 unspecified atom stereocenters. The van der Waals surface area contributed by atoms with E-state index in [0.717, 1.165) is 44.1 Å². The zero-order valence-electron chi connectivity index (χ0n) is 29.9. The number of hydrogen-bond donors (Lipinski definition) is 3. The largest absolute Gasteiger partial charge is 0.495 e. The van der Waals surface area contributed by atoms with E-state index in [-0.39, 0.29) is 37.3 Å². The number of amides is 4. The second-order valence-corrected chi connectivity index (χ2v) is 16.0. The van der Waals surface area contributed by atoms with E-state index < -0.39 is 52.6 Å². The van der Waals surface area contributed by atoms with Gasteiger partial charge in [0, 0.05) is 30.9 Å². The number of nitrogens with one attached hydrogen (secondary N) is 3. The number of nitrogens with zero attached hydrogens (tertiary/aromatic N) is 2. The number of methoxy groups -OCH3 is 1. The van der Waals surface area contributed by atoms with Gasteiger partial charge >= 0.3 is 0 Å². The molecule has 1 aromatic carbocycles. The highest BCUT2D eigenvalue weighted by atomic mass is 35.5. The first-order valence-corrected chi connectivity index (χ1v) is 18.4. The Morgan fingerprint density at radius 1 is 1.08 bits per heavy atom. The summed E-state index contributed by atoms with van der Waals surface area (Å²) in [5.41, 5.74) is -0.402. The Morgan fingerprint density at radius 3 is 2.42 bits per heavy atom. The zero-order chi connectivity index (χ0) is 36.2. The molecule has 4 aliphatic rings. The Hall–Kier alpha value is -3.67. The fraction of sp³-hybridized carbons (Fsp3) is 0.676. The molecule has 274 valence electrons. The van der Waals surface area contributed by atoms with Crippen LogP contribution in [0, 0.1) is 11.3 Å². The standard InChI is InChI=1S/C37H52ClN5O7/c1-6-10-26(31(45)34(47)39-24-14-15-24)40-33(46)28-20-37(19-27(42-50-37)23-13-16-29(49-5)25(38)18-23)21-43(28)35(48)32(36(2,3)4)41-30(44)17-22-11-8-7-9-12-22/h13,16,18,22,24,26,28,32H,6-12,14-15,17,19-21H2,1-5H3,(H,39,47)(H,40,46)(H,41,44)/t26-,28-,32+,37+/m0/s1. The van der Waals surface area contributed by atoms with Crippen LogP contribution >= 0.6 is 11.6 Å². The third-order valence-corrected chi connectivity index (χ3v) is 10.6. The zero-order valence-corrected chi connectivity index (χ0v) is 30.7. The molecule has 12 nitrogen and oxygen atoms in total. The van der Waals surface area contributed by atoms with Crippen LogP contribution < -0.4 is 20.7 Å². The molecule has 2 saturated carbocycles. The Labute approximate surface area is 299 Å². The minimum atomic E-state index is -1.05. The van der Waals surface area contributed by atoms with Gasteiger partial charge in [-0.2, -0.15) is 0 Å². The molecule has 4 amide bonds. The fourth-order valence-corrected chi connectivity index (χ4v) is 7.54. The predicted octanol–water partition coefficient (Wildman–Crippen LogP) is 4.45. The summed E-state index contributed by atoms with van der Waals surface area (Å²) in [6, 6.07) is 2.25. The molecular formula is C37H52ClN5O7. The molecule has 3 fully saturated rings. The van der Waals surface area contributed by atoms with Crippen LogP contribution in [0.5, 0.6) is 5.75 Å². The van der Waals surface area contributed by atoms with E-state index >= 15 is 0 Å². The SMILES string of the molecule is CCC[C@H](NC(=O)[C@@H]1C[C@]2(CC(c3ccc(OC)c(Cl)c3)=NO2)CN1C(=O)[C@@H](NC(=O)CC1CCCCC1)C(C)(C)C)C(=O)C(=O)NC1CC1. The molecule has 3 N–H and O–H groups in total. The molecule has 50 heavy (non-hydrogen) atoms. The summed E-state index contributed by atoms with van der Waals surface area (Å²) in [6.45, 7) is 7.54. The number of ketones is 1. The molecule has 4 atom stereocenters. The third-order valence-electron chi connectivity index (χ3n) is 10.3. The van der Waals surface area contributed by atoms with Gasteiger partial charge in [-0.05, 0) is 61.6 Å². The lowest BCUT2D eigenvalue weighted by atomic mass is 9.84. The third kappa shape index (κ3) is 8.97. The lowest BCUT2D eigenvalue weighted by Gasteiger charge is -2.36. The van der Waals surface area contributed by atoms with Gasteiger partial charge in [-0.25, -0.2) is 0 Å². The van der Waals surface area contributed by atoms with Crippen LogP contribution in [0.15, 0.2) is 23.4 Å². The highest BCUT2D eigenvalue weighted by Crippen LogP contribution is 2.41. The van der Waals surface area contributed by atoms with Crippen LogP contribution in [-0.4, -0.2) is 83.4 Å². The van der Waals surface area contributed by atoms with Gasteiger partial charge < -0.3 is 30.4 Å². The summed E-state index contributed by atoms with van der Waals surface area (Å²) in [4.78, 5) is 75.6. The van der Waals surface area contributed by atoms with Crippen LogP contribution in [0.4, 0.5) is 0 Å². The van der Waals surface area contributed by atoms with E-state index in [1.165, 1.54) is 18.4 Å². The molecule has 1 spiro atoms. The number of likely N-dealkylation sites (tertiary alicyclic amines) is 1. The van der Waals surface area contributed by atoms with Crippen molar-refractivity contribution in [2.75, 3.05) is 13.7 Å². The van der Waals surface area contributed by atoms with E-state index in [2.05, 4.69) is 21.1 Å². The molecule has 0 bridgehead atoms. The lowest BCUT2D eigenvalue weighted by Crippen LogP contribution is -2.59. The van der Waals surface area contributed by atoms with Gasteiger partial charge in [-0.3, -0.25) is 24.0 Å². The first kappa shape index (κ1) is 37.6. The smallest absolute Gasteiger partial charge is 0.289 e. The maximum Gasteiger partial charge on any atom is 0.289 e. The van der Waals surface area contributed by atoms with E-state index in [4.69, 9.17) is 21.2 Å². The average molecular weight is 714 g/mol. The molecule has 1 aromatic rings. The predicted molar refractivity (Wildman–Crippen MR) is 189 cm³/mol. The van der Waals surface area contributed by atoms with E-state index in [1.807, 2.05) is 33.8 Å². The normalized spacial score (nSPS) is 23.4. The van der Waals surface area contributed by atoms with Crippen LogP contribution in [0.2, 0.25) is 5.02 Å². The number of halogens is 1. The summed E-state index contributed by atoms with van der Waals surface area (Å²) in [7, 11) is 1.53. The second kappa shape index (κ2) is 15.7. The molecule has 5 rings (SSSR count). The van der Waals surface area contributed by atoms with Crippen LogP contribution in [0.25, 0.3) is 0 Å². The van der Waals surface area contributed by atoms with Crippen LogP contribution in [-0.2, 0) is 28.8 Å². The van der Waals surface area contributed by atoms with Crippen molar-refractivity contribution < 1.29 is 33.5 Å². The number of Topliss-reactive ketones (excluding diaryl/α,β-unsaturated/α-hetero) is 1. The summed E-state index contributed by atoms with van der Waals surface area (Å²) in [6.07, 6.45) is 8.56. The first-order chi connectivity index (χ1) is 23.7. The van der Waals surface area contributed by atoms with Crippen molar-refractivity contribution in [3.05, 3.63) is 28.8 Å². The Kier molecular flexibility index (Phi) is 11.8.